The molecule has 4 nitrogen and oxygen atoms in total. The van der Waals surface area contributed by atoms with E-state index in [2.05, 4.69) is 12.0 Å². The van der Waals surface area contributed by atoms with Gasteiger partial charge in [0, 0.05) is 6.54 Å². The number of rotatable bonds is 6. The maximum atomic E-state index is 10.9. The zero-order valence-electron chi connectivity index (χ0n) is 9.36. The second kappa shape index (κ2) is 5.53. The molecule has 1 heterocycles. The highest BCUT2D eigenvalue weighted by Gasteiger charge is 2.15. The lowest BCUT2D eigenvalue weighted by Gasteiger charge is -2.06. The topological polar surface area (TPSA) is 55.1 Å². The highest BCUT2D eigenvalue weighted by atomic mass is 16.4. The van der Waals surface area contributed by atoms with Crippen molar-refractivity contribution in [1.82, 2.24) is 9.78 Å². The van der Waals surface area contributed by atoms with Crippen molar-refractivity contribution in [1.29, 1.82) is 0 Å². The minimum Gasteiger partial charge on any atom is -0.478 e. The number of hydrogen-bond acceptors (Lipinski definition) is 2. The normalized spacial score (nSPS) is 10.5. The molecule has 0 bridgehead atoms. The Hall–Kier alpha value is -1.32. The molecule has 0 fully saturated rings. The van der Waals surface area contributed by atoms with E-state index in [1.165, 1.54) is 6.20 Å². The van der Waals surface area contributed by atoms with E-state index in [1.807, 2.05) is 11.6 Å². The Balaban J connectivity index is 2.90. The van der Waals surface area contributed by atoms with E-state index in [-0.39, 0.29) is 0 Å². The molecule has 0 saturated heterocycles. The van der Waals surface area contributed by atoms with E-state index in [1.54, 1.807) is 0 Å². The van der Waals surface area contributed by atoms with Gasteiger partial charge in [0.15, 0.2) is 0 Å². The average molecular weight is 210 g/mol. The first kappa shape index (κ1) is 11.8. The van der Waals surface area contributed by atoms with Crippen LogP contribution < -0.4 is 0 Å². The van der Waals surface area contributed by atoms with Crippen LogP contribution in [0.1, 0.15) is 49.2 Å². The lowest BCUT2D eigenvalue weighted by atomic mass is 10.1. The second-order valence-electron chi connectivity index (χ2n) is 3.64. The summed E-state index contributed by atoms with van der Waals surface area (Å²) in [6.07, 6.45) is 5.32. The van der Waals surface area contributed by atoms with Gasteiger partial charge in [0.2, 0.25) is 0 Å². The third-order valence-corrected chi connectivity index (χ3v) is 2.39. The summed E-state index contributed by atoms with van der Waals surface area (Å²) >= 11 is 0. The molecule has 0 spiro atoms. The van der Waals surface area contributed by atoms with Crippen LogP contribution in [0.5, 0.6) is 0 Å². The first-order valence-corrected chi connectivity index (χ1v) is 5.48. The van der Waals surface area contributed by atoms with Crippen LogP contribution in [0.15, 0.2) is 6.20 Å². The number of carbonyl (C=O) groups is 1. The van der Waals surface area contributed by atoms with E-state index >= 15 is 0 Å². The molecule has 0 aliphatic carbocycles. The van der Waals surface area contributed by atoms with Gasteiger partial charge < -0.3 is 5.11 Å². The molecule has 1 aromatic heterocycles. The summed E-state index contributed by atoms with van der Waals surface area (Å²) in [5, 5.41) is 13.1. The van der Waals surface area contributed by atoms with E-state index < -0.39 is 5.97 Å². The van der Waals surface area contributed by atoms with E-state index in [0.717, 1.165) is 37.9 Å². The predicted molar refractivity (Wildman–Crippen MR) is 58.1 cm³/mol. The van der Waals surface area contributed by atoms with Crippen LogP contribution in [0.3, 0.4) is 0 Å². The van der Waals surface area contributed by atoms with Crippen molar-refractivity contribution in [2.24, 2.45) is 0 Å². The molecule has 84 valence electrons. The molecular weight excluding hydrogens is 192 g/mol. The van der Waals surface area contributed by atoms with Crippen LogP contribution in [0.25, 0.3) is 0 Å². The fraction of sp³-hybridized carbons (Fsp3) is 0.636. The number of carboxylic acids is 1. The summed E-state index contributed by atoms with van der Waals surface area (Å²) in [7, 11) is 0. The molecule has 0 aliphatic heterocycles. The number of aromatic carboxylic acids is 1. The Kier molecular flexibility index (Phi) is 4.34. The average Bonchev–Trinajstić information content (AvgIpc) is 2.59. The van der Waals surface area contributed by atoms with Crippen molar-refractivity contribution >= 4 is 5.97 Å². The second-order valence-corrected chi connectivity index (χ2v) is 3.64. The first-order chi connectivity index (χ1) is 7.20. The van der Waals surface area contributed by atoms with Crippen LogP contribution in [0, 0.1) is 0 Å². The number of aryl methyl sites for hydroxylation is 1. The molecule has 1 N–H and O–H groups in total. The largest absolute Gasteiger partial charge is 0.478 e. The van der Waals surface area contributed by atoms with Gasteiger partial charge in [-0.05, 0) is 12.8 Å². The molecule has 0 radical (unpaired) electrons. The third-order valence-electron chi connectivity index (χ3n) is 2.39. The van der Waals surface area contributed by atoms with Gasteiger partial charge in [-0.15, -0.1) is 0 Å². The zero-order valence-corrected chi connectivity index (χ0v) is 9.36. The number of unbranched alkanes of at least 4 members (excludes halogenated alkanes) is 1. The predicted octanol–water partition coefficient (Wildman–Crippen LogP) is 2.33. The summed E-state index contributed by atoms with van der Waals surface area (Å²) in [6, 6.07) is 0. The molecule has 4 heteroatoms. The van der Waals surface area contributed by atoms with Crippen molar-refractivity contribution in [3.05, 3.63) is 17.5 Å². The van der Waals surface area contributed by atoms with Gasteiger partial charge in [-0.3, -0.25) is 4.68 Å². The van der Waals surface area contributed by atoms with Gasteiger partial charge in [0.1, 0.15) is 5.56 Å². The number of aromatic nitrogens is 2. The zero-order chi connectivity index (χ0) is 11.3. The van der Waals surface area contributed by atoms with E-state index in [0.29, 0.717) is 5.56 Å². The van der Waals surface area contributed by atoms with Gasteiger partial charge in [-0.2, -0.15) is 5.10 Å². The van der Waals surface area contributed by atoms with Crippen LogP contribution >= 0.6 is 0 Å². The van der Waals surface area contributed by atoms with Gasteiger partial charge in [-0.25, -0.2) is 4.79 Å². The SMILES string of the molecule is CCCCn1ncc(C(=O)O)c1CCC. The monoisotopic (exact) mass is 210 g/mol. The minimum atomic E-state index is -0.874. The van der Waals surface area contributed by atoms with Crippen molar-refractivity contribution in [2.45, 2.75) is 46.1 Å². The first-order valence-electron chi connectivity index (χ1n) is 5.48. The standard InChI is InChI=1S/C11H18N2O2/c1-3-5-7-13-10(6-4-2)9(8-12-13)11(14)15/h8H,3-7H2,1-2H3,(H,14,15). The molecule has 0 aliphatic rings. The summed E-state index contributed by atoms with van der Waals surface area (Å²) in [5.74, 6) is -0.874. The molecular formula is C11H18N2O2. The van der Waals surface area contributed by atoms with Gasteiger partial charge in [0.05, 0.1) is 11.9 Å². The number of carboxylic acid groups (broad SMARTS) is 1. The Bertz CT molecular complexity index is 331. The van der Waals surface area contributed by atoms with Gasteiger partial charge >= 0.3 is 5.97 Å². The Morgan fingerprint density at radius 2 is 2.20 bits per heavy atom. The third kappa shape index (κ3) is 2.81. The molecule has 0 atom stereocenters. The van der Waals surface area contributed by atoms with Crippen molar-refractivity contribution in [2.75, 3.05) is 0 Å². The number of nitrogens with zero attached hydrogens (tertiary/aromatic N) is 2. The highest BCUT2D eigenvalue weighted by Crippen LogP contribution is 2.12. The minimum absolute atomic E-state index is 0.355. The Morgan fingerprint density at radius 3 is 2.73 bits per heavy atom. The fourth-order valence-electron chi connectivity index (χ4n) is 1.59. The van der Waals surface area contributed by atoms with E-state index in [9.17, 15) is 4.79 Å². The molecule has 1 rings (SSSR count). The summed E-state index contributed by atoms with van der Waals surface area (Å²) < 4.78 is 1.83. The van der Waals surface area contributed by atoms with Crippen LogP contribution in [0.4, 0.5) is 0 Å². The quantitative estimate of drug-likeness (QED) is 0.784. The fourth-order valence-corrected chi connectivity index (χ4v) is 1.59. The van der Waals surface area contributed by atoms with Crippen molar-refractivity contribution in [3.63, 3.8) is 0 Å². The molecule has 0 amide bonds. The van der Waals surface area contributed by atoms with Crippen LogP contribution in [0.2, 0.25) is 0 Å². The van der Waals surface area contributed by atoms with Crippen molar-refractivity contribution < 1.29 is 9.90 Å². The molecule has 0 unspecified atom stereocenters. The smallest absolute Gasteiger partial charge is 0.339 e. The maximum absolute atomic E-state index is 10.9. The van der Waals surface area contributed by atoms with Gasteiger partial charge in [0.25, 0.3) is 0 Å². The molecule has 15 heavy (non-hydrogen) atoms. The summed E-state index contributed by atoms with van der Waals surface area (Å²) in [4.78, 5) is 10.9. The Morgan fingerprint density at radius 1 is 1.47 bits per heavy atom. The van der Waals surface area contributed by atoms with Gasteiger partial charge in [-0.1, -0.05) is 26.7 Å². The number of hydrogen-bond donors (Lipinski definition) is 1. The lowest BCUT2D eigenvalue weighted by Crippen LogP contribution is -2.08. The molecule has 0 aromatic carbocycles. The lowest BCUT2D eigenvalue weighted by molar-refractivity contribution is 0.0695. The van der Waals surface area contributed by atoms with E-state index in [4.69, 9.17) is 5.11 Å². The van der Waals surface area contributed by atoms with Crippen LogP contribution in [-0.2, 0) is 13.0 Å². The highest BCUT2D eigenvalue weighted by molar-refractivity contribution is 5.88. The molecule has 1 aromatic rings. The maximum Gasteiger partial charge on any atom is 0.339 e. The molecule has 0 saturated carbocycles. The summed E-state index contributed by atoms with van der Waals surface area (Å²) in [5.41, 5.74) is 1.21. The Labute approximate surface area is 89.9 Å². The van der Waals surface area contributed by atoms with Crippen molar-refractivity contribution in [3.8, 4) is 0 Å². The summed E-state index contributed by atoms with van der Waals surface area (Å²) in [6.45, 7) is 4.98. The van der Waals surface area contributed by atoms with Crippen LogP contribution in [-0.4, -0.2) is 20.9 Å².